The van der Waals surface area contributed by atoms with E-state index in [2.05, 4.69) is 49.4 Å². The third-order valence-corrected chi connectivity index (χ3v) is 5.05. The van der Waals surface area contributed by atoms with Crippen LogP contribution < -0.4 is 24.8 Å². The van der Waals surface area contributed by atoms with E-state index < -0.39 is 0 Å². The lowest BCUT2D eigenvalue weighted by Crippen LogP contribution is -2.38. The van der Waals surface area contributed by atoms with Gasteiger partial charge in [0.1, 0.15) is 5.82 Å². The van der Waals surface area contributed by atoms with Crippen LogP contribution in [0.2, 0.25) is 0 Å². The van der Waals surface area contributed by atoms with Crippen molar-refractivity contribution in [1.82, 2.24) is 20.2 Å². The molecule has 0 atom stereocenters. The number of nitrogens with zero attached hydrogens (tertiary/aromatic N) is 3. The van der Waals surface area contributed by atoms with E-state index in [4.69, 9.17) is 14.2 Å². The van der Waals surface area contributed by atoms with Crippen molar-refractivity contribution in [2.75, 3.05) is 34.9 Å². The summed E-state index contributed by atoms with van der Waals surface area (Å²) in [4.78, 5) is 8.82. The predicted octanol–water partition coefficient (Wildman–Crippen LogP) is 3.48. The quantitative estimate of drug-likeness (QED) is 0.223. The number of benzene rings is 2. The first-order valence-electron chi connectivity index (χ1n) is 10.5. The molecule has 1 aromatic heterocycles. The lowest BCUT2D eigenvalue weighted by Gasteiger charge is -2.16. The van der Waals surface area contributed by atoms with Crippen LogP contribution >= 0.6 is 24.0 Å². The highest BCUT2D eigenvalue weighted by atomic mass is 127. The van der Waals surface area contributed by atoms with Gasteiger partial charge in [-0.15, -0.1) is 24.0 Å². The maximum Gasteiger partial charge on any atom is 0.203 e. The first kappa shape index (κ1) is 26.3. The molecule has 33 heavy (non-hydrogen) atoms. The fourth-order valence-corrected chi connectivity index (χ4v) is 3.43. The third kappa shape index (κ3) is 7.28. The van der Waals surface area contributed by atoms with Gasteiger partial charge in [-0.05, 0) is 23.3 Å². The summed E-state index contributed by atoms with van der Waals surface area (Å²) < 4.78 is 18.4. The number of hydrogen-bond acceptors (Lipinski definition) is 5. The summed E-state index contributed by atoms with van der Waals surface area (Å²) in [5.74, 6) is 3.56. The van der Waals surface area contributed by atoms with Crippen molar-refractivity contribution in [3.63, 3.8) is 0 Å². The molecule has 2 N–H and O–H groups in total. The van der Waals surface area contributed by atoms with Crippen LogP contribution in [0.25, 0.3) is 0 Å². The van der Waals surface area contributed by atoms with Gasteiger partial charge in [0.15, 0.2) is 17.5 Å². The minimum absolute atomic E-state index is 0. The van der Waals surface area contributed by atoms with Crippen LogP contribution in [0.1, 0.15) is 17.0 Å². The maximum atomic E-state index is 5.42. The van der Waals surface area contributed by atoms with Crippen LogP contribution in [0.3, 0.4) is 0 Å². The number of guanidine groups is 1. The fraction of sp³-hybridized carbons (Fsp3) is 0.333. The van der Waals surface area contributed by atoms with Gasteiger partial charge in [0.05, 0.1) is 21.3 Å². The molecule has 0 bridgehead atoms. The molecule has 0 amide bonds. The summed E-state index contributed by atoms with van der Waals surface area (Å²) >= 11 is 0. The molecule has 8 nitrogen and oxygen atoms in total. The second-order valence-electron chi connectivity index (χ2n) is 7.09. The molecule has 1 heterocycles. The average Bonchev–Trinajstić information content (AvgIpc) is 3.27. The summed E-state index contributed by atoms with van der Waals surface area (Å²) in [6, 6.07) is 14.2. The van der Waals surface area contributed by atoms with E-state index in [1.54, 1.807) is 28.4 Å². The van der Waals surface area contributed by atoms with Crippen LogP contribution in [0, 0.1) is 0 Å². The molecule has 0 fully saturated rings. The Kier molecular flexibility index (Phi) is 10.8. The Morgan fingerprint density at radius 3 is 2.27 bits per heavy atom. The molecule has 178 valence electrons. The highest BCUT2D eigenvalue weighted by Gasteiger charge is 2.13. The van der Waals surface area contributed by atoms with Gasteiger partial charge in [-0.1, -0.05) is 30.3 Å². The van der Waals surface area contributed by atoms with Gasteiger partial charge in [0.25, 0.3) is 0 Å². The van der Waals surface area contributed by atoms with Gasteiger partial charge in [-0.25, -0.2) is 4.98 Å². The van der Waals surface area contributed by atoms with Gasteiger partial charge in [0, 0.05) is 45.5 Å². The van der Waals surface area contributed by atoms with E-state index in [0.717, 1.165) is 24.4 Å². The Morgan fingerprint density at radius 2 is 1.67 bits per heavy atom. The minimum Gasteiger partial charge on any atom is -0.493 e. The standard InChI is InChI=1S/C24H31N5O3.HI/c1-25-24(28-16-19-14-20(30-2)23(32-4)21(15-19)31-3)27-11-10-22-26-12-13-29(22)17-18-8-6-5-7-9-18;/h5-9,12-15H,10-11,16-17H2,1-4H3,(H2,25,27,28);1H. The monoisotopic (exact) mass is 565 g/mol. The maximum absolute atomic E-state index is 5.42. The Morgan fingerprint density at radius 1 is 0.970 bits per heavy atom. The van der Waals surface area contributed by atoms with Crippen molar-refractivity contribution in [3.8, 4) is 17.2 Å². The van der Waals surface area contributed by atoms with E-state index >= 15 is 0 Å². The number of rotatable bonds is 10. The van der Waals surface area contributed by atoms with Crippen LogP contribution in [0.5, 0.6) is 17.2 Å². The van der Waals surface area contributed by atoms with Crippen LogP contribution in [-0.2, 0) is 19.5 Å². The normalized spacial score (nSPS) is 10.8. The highest BCUT2D eigenvalue weighted by molar-refractivity contribution is 14.0. The molecule has 2 aromatic carbocycles. The van der Waals surface area contributed by atoms with Crippen molar-refractivity contribution >= 4 is 29.9 Å². The van der Waals surface area contributed by atoms with Crippen molar-refractivity contribution in [1.29, 1.82) is 0 Å². The molecule has 0 unspecified atom stereocenters. The predicted molar refractivity (Wildman–Crippen MR) is 141 cm³/mol. The molecular formula is C24H32IN5O3. The first-order valence-corrected chi connectivity index (χ1v) is 10.5. The number of aliphatic imine (C=N–C) groups is 1. The number of imidazole rings is 1. The summed E-state index contributed by atoms with van der Waals surface area (Å²) in [6.45, 7) is 2.07. The van der Waals surface area contributed by atoms with E-state index in [1.807, 2.05) is 30.6 Å². The summed E-state index contributed by atoms with van der Waals surface area (Å²) in [5, 5.41) is 6.67. The zero-order chi connectivity index (χ0) is 22.8. The number of nitrogens with one attached hydrogen (secondary N) is 2. The smallest absolute Gasteiger partial charge is 0.203 e. The SMILES string of the molecule is CN=C(NCCc1nccn1Cc1ccccc1)NCc1cc(OC)c(OC)c(OC)c1.I. The van der Waals surface area contributed by atoms with Gasteiger partial charge < -0.3 is 29.4 Å². The van der Waals surface area contributed by atoms with Crippen molar-refractivity contribution in [2.24, 2.45) is 4.99 Å². The zero-order valence-electron chi connectivity index (χ0n) is 19.5. The first-order chi connectivity index (χ1) is 15.7. The molecule has 0 saturated carbocycles. The number of aromatic nitrogens is 2. The molecule has 3 rings (SSSR count). The number of halogens is 1. The van der Waals surface area contributed by atoms with Crippen molar-refractivity contribution < 1.29 is 14.2 Å². The van der Waals surface area contributed by atoms with Gasteiger partial charge >= 0.3 is 0 Å². The fourth-order valence-electron chi connectivity index (χ4n) is 3.43. The van der Waals surface area contributed by atoms with Gasteiger partial charge in [0.2, 0.25) is 5.75 Å². The molecule has 0 aliphatic rings. The lowest BCUT2D eigenvalue weighted by molar-refractivity contribution is 0.323. The van der Waals surface area contributed by atoms with E-state index in [1.165, 1.54) is 5.56 Å². The van der Waals surface area contributed by atoms with Crippen LogP contribution in [-0.4, -0.2) is 50.4 Å². The Balaban J connectivity index is 0.00000385. The molecular weight excluding hydrogens is 533 g/mol. The number of hydrogen-bond donors (Lipinski definition) is 2. The molecule has 0 spiro atoms. The molecule has 0 aliphatic heterocycles. The number of ether oxygens (including phenoxy) is 3. The second kappa shape index (κ2) is 13.6. The molecule has 0 saturated heterocycles. The Labute approximate surface area is 212 Å². The molecule has 0 aliphatic carbocycles. The van der Waals surface area contributed by atoms with Crippen LogP contribution in [0.15, 0.2) is 59.9 Å². The molecule has 0 radical (unpaired) electrons. The summed E-state index contributed by atoms with van der Waals surface area (Å²) in [6.07, 6.45) is 4.64. The van der Waals surface area contributed by atoms with E-state index in [0.29, 0.717) is 36.3 Å². The minimum atomic E-state index is 0. The second-order valence-corrected chi connectivity index (χ2v) is 7.09. The van der Waals surface area contributed by atoms with E-state index in [9.17, 15) is 0 Å². The average molecular weight is 565 g/mol. The number of methoxy groups -OCH3 is 3. The van der Waals surface area contributed by atoms with Crippen LogP contribution in [0.4, 0.5) is 0 Å². The molecule has 3 aromatic rings. The van der Waals surface area contributed by atoms with Crippen molar-refractivity contribution in [3.05, 3.63) is 71.8 Å². The highest BCUT2D eigenvalue weighted by Crippen LogP contribution is 2.38. The van der Waals surface area contributed by atoms with Gasteiger partial charge in [-0.2, -0.15) is 0 Å². The molecule has 9 heteroatoms. The lowest BCUT2D eigenvalue weighted by atomic mass is 10.2. The van der Waals surface area contributed by atoms with E-state index in [-0.39, 0.29) is 24.0 Å². The zero-order valence-corrected chi connectivity index (χ0v) is 21.8. The van der Waals surface area contributed by atoms with Gasteiger partial charge in [-0.3, -0.25) is 4.99 Å². The summed E-state index contributed by atoms with van der Waals surface area (Å²) in [7, 11) is 6.56. The van der Waals surface area contributed by atoms with Crippen molar-refractivity contribution in [2.45, 2.75) is 19.5 Å². The Hall–Kier alpha value is -2.95. The third-order valence-electron chi connectivity index (χ3n) is 5.05. The Bertz CT molecular complexity index is 999. The largest absolute Gasteiger partial charge is 0.493 e. The topological polar surface area (TPSA) is 81.9 Å². The summed E-state index contributed by atoms with van der Waals surface area (Å²) in [5.41, 5.74) is 2.24.